The van der Waals surface area contributed by atoms with Crippen molar-refractivity contribution in [1.82, 2.24) is 0 Å². The fraction of sp³-hybridized carbons (Fsp3) is 0.200. The highest BCUT2D eigenvalue weighted by atomic mass is 14.0. The zero-order valence-corrected chi connectivity index (χ0v) is 6.80. The molecule has 0 atom stereocenters. The van der Waals surface area contributed by atoms with Gasteiger partial charge >= 0.3 is 0 Å². The van der Waals surface area contributed by atoms with Gasteiger partial charge in [-0.15, -0.1) is 0 Å². The van der Waals surface area contributed by atoms with Gasteiger partial charge in [-0.2, -0.15) is 0 Å². The van der Waals surface area contributed by atoms with Crippen molar-refractivity contribution >= 4 is 13.4 Å². The Bertz CT molecular complexity index is 263. The summed E-state index contributed by atoms with van der Waals surface area (Å²) in [6, 6.07) is 8.20. The average Bonchev–Trinajstić information content (AvgIpc) is 2.03. The van der Waals surface area contributed by atoms with Gasteiger partial charge in [0.1, 0.15) is 0 Å². The van der Waals surface area contributed by atoms with Gasteiger partial charge in [-0.25, -0.2) is 0 Å². The van der Waals surface area contributed by atoms with Crippen molar-refractivity contribution in [1.29, 1.82) is 0 Å². The number of aryl methyl sites for hydroxylation is 1. The maximum absolute atomic E-state index is 5.45. The van der Waals surface area contributed by atoms with Gasteiger partial charge in [0, 0.05) is 0 Å². The monoisotopic (exact) mass is 142 g/mol. The van der Waals surface area contributed by atoms with Gasteiger partial charge in [-0.05, 0) is 12.5 Å². The molecule has 0 bridgehead atoms. The smallest absolute Gasteiger partial charge is 0.0716 e. The van der Waals surface area contributed by atoms with E-state index in [0.717, 1.165) is 11.1 Å². The van der Waals surface area contributed by atoms with Crippen LogP contribution in [0.25, 0.3) is 5.57 Å². The van der Waals surface area contributed by atoms with Crippen LogP contribution >= 0.6 is 0 Å². The first kappa shape index (κ1) is 8.12. The van der Waals surface area contributed by atoms with Crippen LogP contribution < -0.4 is 0 Å². The Morgan fingerprint density at radius 3 is 2.82 bits per heavy atom. The Morgan fingerprint density at radius 1 is 1.55 bits per heavy atom. The number of allylic oxidation sites excluding steroid dienone is 1. The van der Waals surface area contributed by atoms with Crippen molar-refractivity contribution in [3.05, 3.63) is 42.0 Å². The fourth-order valence-corrected chi connectivity index (χ4v) is 0.983. The summed E-state index contributed by atoms with van der Waals surface area (Å²) in [4.78, 5) is 0. The molecule has 1 rings (SSSR count). The van der Waals surface area contributed by atoms with Gasteiger partial charge < -0.3 is 0 Å². The van der Waals surface area contributed by atoms with E-state index < -0.39 is 0 Å². The molecule has 0 aliphatic carbocycles. The van der Waals surface area contributed by atoms with Crippen molar-refractivity contribution in [2.75, 3.05) is 0 Å². The van der Waals surface area contributed by atoms with Gasteiger partial charge in [0.15, 0.2) is 0 Å². The summed E-state index contributed by atoms with van der Waals surface area (Å²) in [5.74, 6) is 0. The molecule has 0 heterocycles. The van der Waals surface area contributed by atoms with E-state index in [2.05, 4.69) is 25.6 Å². The predicted molar refractivity (Wildman–Crippen MR) is 50.8 cm³/mol. The van der Waals surface area contributed by atoms with E-state index in [-0.39, 0.29) is 0 Å². The summed E-state index contributed by atoms with van der Waals surface area (Å²) in [5.41, 5.74) is 3.39. The van der Waals surface area contributed by atoms with E-state index in [0.29, 0.717) is 6.32 Å². The van der Waals surface area contributed by atoms with E-state index in [1.165, 1.54) is 5.56 Å². The van der Waals surface area contributed by atoms with Gasteiger partial charge in [0.25, 0.3) is 0 Å². The van der Waals surface area contributed by atoms with E-state index in [1.807, 2.05) is 12.1 Å². The third-order valence-corrected chi connectivity index (χ3v) is 1.67. The summed E-state index contributed by atoms with van der Waals surface area (Å²) in [6.07, 6.45) is 0.531. The molecule has 2 radical (unpaired) electrons. The minimum Gasteiger partial charge on any atom is -0.0960 e. The molecule has 1 aromatic carbocycles. The molecule has 0 amide bonds. The summed E-state index contributed by atoms with van der Waals surface area (Å²) in [6.45, 7) is 5.92. The Balaban J connectivity index is 2.96. The van der Waals surface area contributed by atoms with Crippen molar-refractivity contribution < 1.29 is 0 Å². The standard InChI is InChI=1S/C10H11B/c1-8-4-3-5-10(6-8)9(2)7-11/h3-6H,2,7H2,1H3. The molecule has 1 heteroatoms. The van der Waals surface area contributed by atoms with E-state index in [9.17, 15) is 0 Å². The second kappa shape index (κ2) is 3.43. The molecule has 0 fully saturated rings. The molecule has 0 aliphatic rings. The number of rotatable bonds is 2. The van der Waals surface area contributed by atoms with E-state index >= 15 is 0 Å². The third-order valence-electron chi connectivity index (χ3n) is 1.67. The summed E-state index contributed by atoms with van der Waals surface area (Å²) >= 11 is 0. The first-order valence-corrected chi connectivity index (χ1v) is 3.69. The minimum atomic E-state index is 0.531. The van der Waals surface area contributed by atoms with Crippen LogP contribution in [0.2, 0.25) is 6.32 Å². The van der Waals surface area contributed by atoms with Crippen LogP contribution in [0.4, 0.5) is 0 Å². The first-order chi connectivity index (χ1) is 5.24. The van der Waals surface area contributed by atoms with Crippen molar-refractivity contribution in [2.24, 2.45) is 0 Å². The predicted octanol–water partition coefficient (Wildman–Crippen LogP) is 2.60. The van der Waals surface area contributed by atoms with Gasteiger partial charge in [0.05, 0.1) is 7.85 Å². The average molecular weight is 142 g/mol. The second-order valence-corrected chi connectivity index (χ2v) is 2.68. The molecule has 0 spiro atoms. The van der Waals surface area contributed by atoms with Crippen LogP contribution in [-0.4, -0.2) is 7.85 Å². The molecular weight excluding hydrogens is 131 g/mol. The fourth-order valence-electron chi connectivity index (χ4n) is 0.983. The van der Waals surface area contributed by atoms with Crippen LogP contribution in [0.5, 0.6) is 0 Å². The lowest BCUT2D eigenvalue weighted by Crippen LogP contribution is -1.82. The Labute approximate surface area is 69.4 Å². The molecule has 0 N–H and O–H groups in total. The normalized spacial score (nSPS) is 9.55. The van der Waals surface area contributed by atoms with Gasteiger partial charge in [-0.1, -0.05) is 48.3 Å². The lowest BCUT2D eigenvalue weighted by Gasteiger charge is -2.02. The van der Waals surface area contributed by atoms with Crippen LogP contribution in [0.15, 0.2) is 30.8 Å². The summed E-state index contributed by atoms with van der Waals surface area (Å²) < 4.78 is 0. The Kier molecular flexibility index (Phi) is 2.53. The van der Waals surface area contributed by atoms with Gasteiger partial charge in [-0.3, -0.25) is 0 Å². The third kappa shape index (κ3) is 1.97. The topological polar surface area (TPSA) is 0 Å². The number of hydrogen-bond acceptors (Lipinski definition) is 0. The van der Waals surface area contributed by atoms with Crippen LogP contribution in [-0.2, 0) is 0 Å². The quantitative estimate of drug-likeness (QED) is 0.556. The first-order valence-electron chi connectivity index (χ1n) is 3.69. The summed E-state index contributed by atoms with van der Waals surface area (Å²) in [5, 5.41) is 0. The lowest BCUT2D eigenvalue weighted by molar-refractivity contribution is 1.44. The molecule has 1 aromatic rings. The molecule has 0 nitrogen and oxygen atoms in total. The molecule has 0 saturated heterocycles. The Morgan fingerprint density at radius 2 is 2.27 bits per heavy atom. The second-order valence-electron chi connectivity index (χ2n) is 2.68. The number of benzene rings is 1. The van der Waals surface area contributed by atoms with E-state index in [1.54, 1.807) is 0 Å². The molecule has 0 aliphatic heterocycles. The molecule has 0 saturated carbocycles. The molecule has 0 aromatic heterocycles. The van der Waals surface area contributed by atoms with Crippen molar-refractivity contribution in [3.8, 4) is 0 Å². The van der Waals surface area contributed by atoms with Crippen LogP contribution in [0.1, 0.15) is 11.1 Å². The highest BCUT2D eigenvalue weighted by molar-refractivity contribution is 6.14. The van der Waals surface area contributed by atoms with Crippen molar-refractivity contribution in [3.63, 3.8) is 0 Å². The summed E-state index contributed by atoms with van der Waals surface area (Å²) in [7, 11) is 5.45. The molecule has 54 valence electrons. The van der Waals surface area contributed by atoms with Crippen molar-refractivity contribution in [2.45, 2.75) is 13.2 Å². The number of hydrogen-bond donors (Lipinski definition) is 0. The minimum absolute atomic E-state index is 0.531. The highest BCUT2D eigenvalue weighted by Gasteiger charge is 1.94. The molecule has 0 unspecified atom stereocenters. The zero-order chi connectivity index (χ0) is 8.27. The van der Waals surface area contributed by atoms with E-state index in [4.69, 9.17) is 7.85 Å². The van der Waals surface area contributed by atoms with Crippen LogP contribution in [0, 0.1) is 6.92 Å². The van der Waals surface area contributed by atoms with Gasteiger partial charge in [0.2, 0.25) is 0 Å². The molecular formula is C10H11B. The zero-order valence-electron chi connectivity index (χ0n) is 6.80. The largest absolute Gasteiger partial charge is 0.0960 e. The lowest BCUT2D eigenvalue weighted by atomic mass is 9.92. The highest BCUT2D eigenvalue weighted by Crippen LogP contribution is 2.15. The SMILES string of the molecule is [B]CC(=C)c1cccc(C)c1. The van der Waals surface area contributed by atoms with Crippen LogP contribution in [0.3, 0.4) is 0 Å². The Hall–Kier alpha value is -0.975. The molecule has 11 heavy (non-hydrogen) atoms. The maximum atomic E-state index is 5.45. The maximum Gasteiger partial charge on any atom is 0.0716 e.